The molecule has 0 atom stereocenters. The molecule has 0 N–H and O–H groups in total. The molecule has 0 saturated carbocycles. The highest BCUT2D eigenvalue weighted by molar-refractivity contribution is 6.92. The van der Waals surface area contributed by atoms with Gasteiger partial charge in [0.05, 0.1) is 0 Å². The van der Waals surface area contributed by atoms with Crippen molar-refractivity contribution in [2.24, 2.45) is 0 Å². The zero-order chi connectivity index (χ0) is 18.7. The number of hydrogen-bond donors (Lipinski definition) is 0. The van der Waals surface area contributed by atoms with E-state index >= 15 is 0 Å². The third kappa shape index (κ3) is 11.8. The molecule has 0 aliphatic carbocycles. The van der Waals surface area contributed by atoms with E-state index in [2.05, 4.69) is 90.3 Å². The molecule has 8 heteroatoms. The Kier molecular flexibility index (Phi) is 8.18. The molecule has 0 rings (SSSR count). The maximum Gasteiger partial charge on any atom is 0.340 e. The van der Waals surface area contributed by atoms with E-state index in [-0.39, 0.29) is 0 Å². The van der Waals surface area contributed by atoms with Gasteiger partial charge in [-0.3, -0.25) is 0 Å². The zero-order valence-corrected chi connectivity index (χ0v) is 22.6. The average Bonchev–Trinajstić information content (AvgIpc) is 2.20. The SMILES string of the molecule is CC[Si](C)(C)O[Si](C)(C)C=C[Si](C)(O[Si](C)(C)C)O[Si](C)(C)C. The molecule has 0 amide bonds. The van der Waals surface area contributed by atoms with Crippen molar-refractivity contribution in [1.29, 1.82) is 0 Å². The van der Waals surface area contributed by atoms with Crippen LogP contribution in [0, 0.1) is 0 Å². The summed E-state index contributed by atoms with van der Waals surface area (Å²) in [5.74, 6) is 0. The summed E-state index contributed by atoms with van der Waals surface area (Å²) in [5.41, 5.74) is 4.60. The van der Waals surface area contributed by atoms with E-state index in [4.69, 9.17) is 12.3 Å². The Bertz CT molecular complexity index is 392. The normalized spacial score (nSPS) is 15.5. The lowest BCUT2D eigenvalue weighted by molar-refractivity contribution is 0.403. The summed E-state index contributed by atoms with van der Waals surface area (Å²) >= 11 is 0. The Labute approximate surface area is 150 Å². The summed E-state index contributed by atoms with van der Waals surface area (Å²) in [5, 5.41) is 0. The van der Waals surface area contributed by atoms with Crippen LogP contribution < -0.4 is 0 Å². The van der Waals surface area contributed by atoms with Crippen molar-refractivity contribution in [3.63, 3.8) is 0 Å². The molecule has 0 aliphatic rings. The summed E-state index contributed by atoms with van der Waals surface area (Å²) in [6.07, 6.45) is 0. The highest BCUT2D eigenvalue weighted by Gasteiger charge is 2.39. The van der Waals surface area contributed by atoms with E-state index in [1.54, 1.807) is 0 Å². The van der Waals surface area contributed by atoms with Crippen molar-refractivity contribution in [3.05, 3.63) is 11.4 Å². The largest absolute Gasteiger partial charge is 0.453 e. The Morgan fingerprint density at radius 2 is 1.00 bits per heavy atom. The summed E-state index contributed by atoms with van der Waals surface area (Å²) in [7, 11) is -8.98. The maximum absolute atomic E-state index is 6.55. The lowest BCUT2D eigenvalue weighted by Crippen LogP contribution is -2.52. The van der Waals surface area contributed by atoms with Gasteiger partial charge in [-0.2, -0.15) is 0 Å². The fourth-order valence-corrected chi connectivity index (χ4v) is 22.7. The Morgan fingerprint density at radius 3 is 1.30 bits per heavy atom. The molecule has 0 aliphatic heterocycles. The van der Waals surface area contributed by atoms with Gasteiger partial charge in [-0.1, -0.05) is 12.6 Å². The molecule has 0 bridgehead atoms. The Balaban J connectivity index is 5.36. The topological polar surface area (TPSA) is 27.7 Å². The second-order valence-electron chi connectivity index (χ2n) is 9.60. The first-order chi connectivity index (χ1) is 9.89. The number of hydrogen-bond acceptors (Lipinski definition) is 3. The smallest absolute Gasteiger partial charge is 0.340 e. The highest BCUT2D eigenvalue weighted by Crippen LogP contribution is 2.24. The molecule has 138 valence electrons. The lowest BCUT2D eigenvalue weighted by Gasteiger charge is -2.37. The third-order valence-corrected chi connectivity index (χ3v) is 19.4. The predicted molar refractivity (Wildman–Crippen MR) is 116 cm³/mol. The van der Waals surface area contributed by atoms with Crippen LogP contribution in [0.5, 0.6) is 0 Å². The molecule has 0 heterocycles. The van der Waals surface area contributed by atoms with Crippen molar-refractivity contribution < 1.29 is 12.3 Å². The molecule has 23 heavy (non-hydrogen) atoms. The van der Waals surface area contributed by atoms with E-state index in [1.165, 1.54) is 0 Å². The molecule has 3 nitrogen and oxygen atoms in total. The average molecular weight is 409 g/mol. The minimum absolute atomic E-state index is 1.16. The highest BCUT2D eigenvalue weighted by atomic mass is 28.5. The molecule has 0 unspecified atom stereocenters. The maximum atomic E-state index is 6.55. The zero-order valence-electron chi connectivity index (χ0n) is 17.6. The fourth-order valence-electron chi connectivity index (χ4n) is 2.48. The molecule has 0 spiro atoms. The van der Waals surface area contributed by atoms with Gasteiger partial charge >= 0.3 is 8.56 Å². The third-order valence-electron chi connectivity index (χ3n) is 3.20. The van der Waals surface area contributed by atoms with Gasteiger partial charge in [0, 0.05) is 0 Å². The minimum atomic E-state index is -2.30. The van der Waals surface area contributed by atoms with Gasteiger partial charge in [-0.25, -0.2) is 0 Å². The second-order valence-corrected chi connectivity index (χ2v) is 30.6. The van der Waals surface area contributed by atoms with Gasteiger partial charge in [0.15, 0.2) is 33.3 Å². The van der Waals surface area contributed by atoms with Crippen molar-refractivity contribution in [2.75, 3.05) is 0 Å². The van der Waals surface area contributed by atoms with Crippen LogP contribution in [0.15, 0.2) is 11.4 Å². The first-order valence-electron chi connectivity index (χ1n) is 8.70. The molecular weight excluding hydrogens is 369 g/mol. The molecular formula is C15H40O3Si5. The molecule has 0 aromatic rings. The van der Waals surface area contributed by atoms with Crippen molar-refractivity contribution >= 4 is 41.8 Å². The van der Waals surface area contributed by atoms with Crippen molar-refractivity contribution in [2.45, 2.75) is 85.0 Å². The van der Waals surface area contributed by atoms with Crippen LogP contribution in [0.25, 0.3) is 0 Å². The monoisotopic (exact) mass is 408 g/mol. The molecule has 0 fully saturated rings. The number of rotatable bonds is 9. The molecule has 0 saturated heterocycles. The van der Waals surface area contributed by atoms with Crippen LogP contribution in [-0.4, -0.2) is 41.8 Å². The Morgan fingerprint density at radius 1 is 0.609 bits per heavy atom. The van der Waals surface area contributed by atoms with Gasteiger partial charge in [0.2, 0.25) is 0 Å². The lowest BCUT2D eigenvalue weighted by atomic mass is 11.0. The van der Waals surface area contributed by atoms with Crippen LogP contribution in [0.3, 0.4) is 0 Å². The van der Waals surface area contributed by atoms with Gasteiger partial charge in [0.1, 0.15) is 0 Å². The van der Waals surface area contributed by atoms with E-state index in [9.17, 15) is 0 Å². The summed E-state index contributed by atoms with van der Waals surface area (Å²) in [6.45, 7) is 27.1. The Hall–Kier alpha value is 0.704. The van der Waals surface area contributed by atoms with Gasteiger partial charge in [0.25, 0.3) is 0 Å². The first kappa shape index (κ1) is 23.7. The van der Waals surface area contributed by atoms with Gasteiger partial charge < -0.3 is 12.3 Å². The van der Waals surface area contributed by atoms with Crippen LogP contribution in [0.2, 0.25) is 78.1 Å². The van der Waals surface area contributed by atoms with Gasteiger partial charge in [-0.15, -0.1) is 0 Å². The van der Waals surface area contributed by atoms with E-state index in [0.29, 0.717) is 0 Å². The van der Waals surface area contributed by atoms with E-state index in [1.807, 2.05) is 0 Å². The fraction of sp³-hybridized carbons (Fsp3) is 0.867. The van der Waals surface area contributed by atoms with Crippen molar-refractivity contribution in [3.8, 4) is 0 Å². The quantitative estimate of drug-likeness (QED) is 0.448. The molecule has 0 aromatic carbocycles. The molecule has 0 radical (unpaired) electrons. The predicted octanol–water partition coefficient (Wildman–Crippen LogP) is 5.84. The minimum Gasteiger partial charge on any atom is -0.453 e. The van der Waals surface area contributed by atoms with Crippen molar-refractivity contribution in [1.82, 2.24) is 0 Å². The van der Waals surface area contributed by atoms with Gasteiger partial charge in [-0.05, 0) is 83.8 Å². The molecule has 0 aromatic heterocycles. The van der Waals surface area contributed by atoms with Crippen LogP contribution in [0.4, 0.5) is 0 Å². The van der Waals surface area contributed by atoms with E-state index < -0.39 is 41.8 Å². The second kappa shape index (κ2) is 7.94. The standard InChI is InChI=1S/C15H40O3Si5/c1-13-21(8,9)18-22(10,11)14-15-23(12,16-19(2,3)4)17-20(5,6)7/h14-15H,13H2,1-12H3. The van der Waals surface area contributed by atoms with Crippen LogP contribution in [-0.2, 0) is 12.3 Å². The van der Waals surface area contributed by atoms with E-state index in [0.717, 1.165) is 6.04 Å². The van der Waals surface area contributed by atoms with Crippen LogP contribution in [0.1, 0.15) is 6.92 Å². The first-order valence-corrected chi connectivity index (χ1v) is 24.0. The van der Waals surface area contributed by atoms with Crippen LogP contribution >= 0.6 is 0 Å². The summed E-state index contributed by atoms with van der Waals surface area (Å²) in [6, 6.07) is 1.16. The summed E-state index contributed by atoms with van der Waals surface area (Å²) < 4.78 is 19.6. The summed E-state index contributed by atoms with van der Waals surface area (Å²) in [4.78, 5) is 0.